The van der Waals surface area contributed by atoms with Crippen molar-refractivity contribution in [1.82, 2.24) is 0 Å². The SMILES string of the molecule is c1ccc([Si](c2ccccc2)(c2ccccc2)c2ccc(Cc3ccc([Si](c4ccccc4)(c4ccccc4)c4ccccc4)s3)s2)cc1. The van der Waals surface area contributed by atoms with Crippen molar-refractivity contribution in [2.24, 2.45) is 0 Å². The van der Waals surface area contributed by atoms with Crippen LogP contribution in [0.25, 0.3) is 0 Å². The molecule has 0 radical (unpaired) electrons. The predicted molar refractivity (Wildman–Crippen MR) is 219 cm³/mol. The van der Waals surface area contributed by atoms with E-state index in [-0.39, 0.29) is 0 Å². The van der Waals surface area contributed by atoms with E-state index in [4.69, 9.17) is 0 Å². The molecule has 0 N–H and O–H groups in total. The van der Waals surface area contributed by atoms with Gasteiger partial charge in [0.2, 0.25) is 0 Å². The van der Waals surface area contributed by atoms with Crippen LogP contribution in [0.1, 0.15) is 9.75 Å². The van der Waals surface area contributed by atoms with Gasteiger partial charge in [-0.15, -0.1) is 22.7 Å². The molecule has 0 bridgehead atoms. The molecule has 0 aliphatic carbocycles. The van der Waals surface area contributed by atoms with E-state index in [1.807, 2.05) is 22.7 Å². The molecule has 0 spiro atoms. The van der Waals surface area contributed by atoms with Gasteiger partial charge in [-0.05, 0) is 43.3 Å². The lowest BCUT2D eigenvalue weighted by Crippen LogP contribution is -2.74. The standard InChI is InChI=1S/C45H36S2Si2/c1-7-19-38(20-8-1)48(39-21-9-2-10-22-39,40-23-11-3-12-24-40)44-33-31-36(46-44)35-37-32-34-45(47-37)49(41-25-13-4-14-26-41,42-27-15-5-16-28-42)43-29-17-6-18-30-43/h1-34H,35H2. The molecule has 0 saturated heterocycles. The van der Waals surface area contributed by atoms with E-state index < -0.39 is 16.1 Å². The van der Waals surface area contributed by atoms with Gasteiger partial charge in [0.15, 0.2) is 16.1 Å². The van der Waals surface area contributed by atoms with E-state index in [0.29, 0.717) is 0 Å². The summed E-state index contributed by atoms with van der Waals surface area (Å²) in [5.74, 6) is 0. The summed E-state index contributed by atoms with van der Waals surface area (Å²) in [5, 5.41) is 8.52. The molecule has 8 aromatic rings. The molecule has 6 aromatic carbocycles. The second-order valence-corrected chi connectivity index (χ2v) is 23.0. The van der Waals surface area contributed by atoms with Gasteiger partial charge in [0.1, 0.15) is 0 Å². The quantitative estimate of drug-likeness (QED) is 0.119. The van der Waals surface area contributed by atoms with Crippen LogP contribution >= 0.6 is 22.7 Å². The van der Waals surface area contributed by atoms with Crippen LogP contribution in [0, 0.1) is 0 Å². The zero-order valence-electron chi connectivity index (χ0n) is 27.2. The summed E-state index contributed by atoms with van der Waals surface area (Å²) >= 11 is 4.01. The van der Waals surface area contributed by atoms with Gasteiger partial charge in [0.05, 0.1) is 0 Å². The number of benzene rings is 6. The van der Waals surface area contributed by atoms with Gasteiger partial charge in [-0.2, -0.15) is 0 Å². The highest BCUT2D eigenvalue weighted by atomic mass is 32.1. The monoisotopic (exact) mass is 696 g/mol. The Balaban J connectivity index is 1.24. The van der Waals surface area contributed by atoms with Crippen LogP contribution in [0.3, 0.4) is 0 Å². The first kappa shape index (κ1) is 31.4. The summed E-state index contributed by atoms with van der Waals surface area (Å²) < 4.78 is 2.95. The number of thiophene rings is 2. The molecule has 0 nitrogen and oxygen atoms in total. The molecule has 0 saturated carbocycles. The van der Waals surface area contributed by atoms with E-state index >= 15 is 0 Å². The number of hydrogen-bond donors (Lipinski definition) is 0. The predicted octanol–water partition coefficient (Wildman–Crippen LogP) is 6.16. The molecule has 0 amide bonds. The first-order valence-corrected chi connectivity index (χ1v) is 22.4. The van der Waals surface area contributed by atoms with Gasteiger partial charge in [0, 0.05) is 25.2 Å². The summed E-state index contributed by atoms with van der Waals surface area (Å²) in [4.78, 5) is 2.82. The van der Waals surface area contributed by atoms with E-state index in [1.165, 1.54) is 49.9 Å². The van der Waals surface area contributed by atoms with Crippen molar-refractivity contribution in [1.29, 1.82) is 0 Å². The fourth-order valence-electron chi connectivity index (χ4n) is 7.50. The highest BCUT2D eigenvalue weighted by molar-refractivity contribution is 7.37. The Bertz CT molecular complexity index is 1870. The van der Waals surface area contributed by atoms with Gasteiger partial charge in [-0.25, -0.2) is 0 Å². The molecule has 2 heterocycles. The summed E-state index contributed by atoms with van der Waals surface area (Å²) in [6.07, 6.45) is 0.932. The van der Waals surface area contributed by atoms with Crippen molar-refractivity contribution in [3.8, 4) is 0 Å². The smallest absolute Gasteiger partial charge is 0.148 e. The van der Waals surface area contributed by atoms with E-state index in [1.54, 1.807) is 0 Å². The van der Waals surface area contributed by atoms with Crippen molar-refractivity contribution in [3.63, 3.8) is 0 Å². The Morgan fingerprint density at radius 2 is 0.490 bits per heavy atom. The molecule has 2 aromatic heterocycles. The summed E-state index contributed by atoms with van der Waals surface area (Å²) in [6, 6.07) is 77.0. The summed E-state index contributed by atoms with van der Waals surface area (Å²) in [7, 11) is -5.05. The van der Waals surface area contributed by atoms with Crippen LogP contribution in [0.2, 0.25) is 0 Å². The molecule has 8 rings (SSSR count). The minimum absolute atomic E-state index is 0.932. The Hall–Kier alpha value is -4.85. The molecule has 0 fully saturated rings. The van der Waals surface area contributed by atoms with Crippen molar-refractivity contribution >= 4 is 78.9 Å². The molecule has 0 atom stereocenters. The highest BCUT2D eigenvalue weighted by Crippen LogP contribution is 2.23. The Morgan fingerprint density at radius 3 is 0.714 bits per heavy atom. The van der Waals surface area contributed by atoms with Crippen LogP contribution in [-0.4, -0.2) is 16.1 Å². The van der Waals surface area contributed by atoms with Crippen molar-refractivity contribution in [3.05, 3.63) is 216 Å². The summed E-state index contributed by atoms with van der Waals surface area (Å²) in [6.45, 7) is 0. The minimum atomic E-state index is -2.52. The first-order valence-electron chi connectivity index (χ1n) is 16.8. The minimum Gasteiger partial charge on any atom is -0.148 e. The van der Waals surface area contributed by atoms with Gasteiger partial charge < -0.3 is 0 Å². The number of rotatable bonds is 10. The van der Waals surface area contributed by atoms with Crippen LogP contribution in [0.5, 0.6) is 0 Å². The maximum atomic E-state index is 2.44. The topological polar surface area (TPSA) is 0 Å². The van der Waals surface area contributed by atoms with Crippen LogP contribution in [0.15, 0.2) is 206 Å². The fraction of sp³-hybridized carbons (Fsp3) is 0.0222. The van der Waals surface area contributed by atoms with Gasteiger partial charge in [-0.1, -0.05) is 194 Å². The lowest BCUT2D eigenvalue weighted by molar-refractivity contribution is 1.31. The van der Waals surface area contributed by atoms with E-state index in [9.17, 15) is 0 Å². The van der Waals surface area contributed by atoms with Gasteiger partial charge in [-0.3, -0.25) is 0 Å². The third kappa shape index (κ3) is 5.71. The second kappa shape index (κ2) is 13.9. The summed E-state index contributed by atoms with van der Waals surface area (Å²) in [5.41, 5.74) is 0. The van der Waals surface area contributed by atoms with Crippen molar-refractivity contribution in [2.75, 3.05) is 0 Å². The molecule has 236 valence electrons. The van der Waals surface area contributed by atoms with E-state index in [0.717, 1.165) is 6.42 Å². The van der Waals surface area contributed by atoms with E-state index in [2.05, 4.69) is 206 Å². The van der Waals surface area contributed by atoms with Crippen molar-refractivity contribution < 1.29 is 0 Å². The molecule has 0 unspecified atom stereocenters. The molecule has 4 heteroatoms. The molecule has 0 aliphatic heterocycles. The fourth-order valence-corrected chi connectivity index (χ4v) is 21.8. The number of hydrogen-bond acceptors (Lipinski definition) is 2. The molecular weight excluding hydrogens is 661 g/mol. The van der Waals surface area contributed by atoms with Crippen LogP contribution in [-0.2, 0) is 6.42 Å². The van der Waals surface area contributed by atoms with Gasteiger partial charge in [0.25, 0.3) is 0 Å². The lowest BCUT2D eigenvalue weighted by atomic mass is 10.3. The average molecular weight is 697 g/mol. The molecule has 0 aliphatic rings. The van der Waals surface area contributed by atoms with Gasteiger partial charge >= 0.3 is 0 Å². The first-order chi connectivity index (χ1) is 24.3. The maximum Gasteiger partial charge on any atom is 0.191 e. The zero-order chi connectivity index (χ0) is 32.9. The van der Waals surface area contributed by atoms with Crippen LogP contribution in [0.4, 0.5) is 0 Å². The normalized spacial score (nSPS) is 11.8. The Morgan fingerprint density at radius 1 is 0.265 bits per heavy atom. The Labute approximate surface area is 299 Å². The average Bonchev–Trinajstić information content (AvgIpc) is 3.86. The lowest BCUT2D eigenvalue weighted by Gasteiger charge is -2.33. The maximum absolute atomic E-state index is 2.52. The Kier molecular flexibility index (Phi) is 8.94. The van der Waals surface area contributed by atoms with Crippen LogP contribution < -0.4 is 40.1 Å². The second-order valence-electron chi connectivity index (χ2n) is 12.4. The third-order valence-electron chi connectivity index (χ3n) is 9.65. The van der Waals surface area contributed by atoms with Crippen molar-refractivity contribution in [2.45, 2.75) is 6.42 Å². The largest absolute Gasteiger partial charge is 0.191 e. The zero-order valence-corrected chi connectivity index (χ0v) is 30.8. The molecule has 49 heavy (non-hydrogen) atoms. The third-order valence-corrected chi connectivity index (χ3v) is 22.9. The molecular formula is C45H36S2Si2. The highest BCUT2D eigenvalue weighted by Gasteiger charge is 2.44.